The molecule has 4 nitrogen and oxygen atoms in total. The lowest BCUT2D eigenvalue weighted by atomic mass is 10.2. The van der Waals surface area contributed by atoms with Gasteiger partial charge in [-0.15, -0.1) is 0 Å². The first-order valence-electron chi connectivity index (χ1n) is 6.75. The molecule has 1 aromatic carbocycles. The monoisotopic (exact) mass is 273 g/mol. The third kappa shape index (κ3) is 3.47. The zero-order valence-electron chi connectivity index (χ0n) is 12.2. The molecule has 0 atom stereocenters. The molecule has 0 unspecified atom stereocenters. The summed E-state index contributed by atoms with van der Waals surface area (Å²) in [6.07, 6.45) is 1.86. The molecule has 1 aromatic rings. The van der Waals surface area contributed by atoms with E-state index in [-0.39, 0.29) is 12.0 Å². The van der Waals surface area contributed by atoms with Gasteiger partial charge in [-0.25, -0.2) is 9.79 Å². The Morgan fingerprint density at radius 3 is 2.30 bits per heavy atom. The molecule has 20 heavy (non-hydrogen) atoms. The highest BCUT2D eigenvalue weighted by atomic mass is 16.6. The summed E-state index contributed by atoms with van der Waals surface area (Å²) >= 11 is 0. The fourth-order valence-corrected chi connectivity index (χ4v) is 1.75. The predicted octanol–water partition coefficient (Wildman–Crippen LogP) is 3.43. The Hall–Kier alpha value is -2.10. The molecule has 0 amide bonds. The topological polar surface area (TPSA) is 47.9 Å². The highest BCUT2D eigenvalue weighted by Crippen LogP contribution is 2.20. The van der Waals surface area contributed by atoms with Gasteiger partial charge in [0.2, 0.25) is 5.90 Å². The van der Waals surface area contributed by atoms with Crippen molar-refractivity contribution in [2.75, 3.05) is 0 Å². The lowest BCUT2D eigenvalue weighted by molar-refractivity contribution is -0.130. The maximum absolute atomic E-state index is 11.7. The number of aliphatic imine (C=N–C) groups is 1. The summed E-state index contributed by atoms with van der Waals surface area (Å²) in [5.41, 5.74) is 1.23. The highest BCUT2D eigenvalue weighted by Gasteiger charge is 2.24. The van der Waals surface area contributed by atoms with Gasteiger partial charge < -0.3 is 9.47 Å². The standard InChI is InChI=1S/C16H19NO3/c1-10(2)15-17-14(16(18)20-15)9-12-5-7-13(8-6-12)19-11(3)4/h5-11H,1-4H3/b14-9+. The molecule has 0 saturated carbocycles. The molecule has 0 bridgehead atoms. The van der Waals surface area contributed by atoms with E-state index in [2.05, 4.69) is 4.99 Å². The Morgan fingerprint density at radius 1 is 1.15 bits per heavy atom. The fourth-order valence-electron chi connectivity index (χ4n) is 1.75. The number of carbonyl (C=O) groups is 1. The van der Waals surface area contributed by atoms with Crippen molar-refractivity contribution in [2.24, 2.45) is 10.9 Å². The molecule has 0 aromatic heterocycles. The minimum atomic E-state index is -0.392. The van der Waals surface area contributed by atoms with Crippen molar-refractivity contribution < 1.29 is 14.3 Å². The molecule has 0 saturated heterocycles. The first-order chi connectivity index (χ1) is 9.45. The van der Waals surface area contributed by atoms with Gasteiger partial charge >= 0.3 is 5.97 Å². The Bertz CT molecular complexity index is 554. The van der Waals surface area contributed by atoms with Crippen molar-refractivity contribution in [1.29, 1.82) is 0 Å². The Kier molecular flexibility index (Phi) is 4.23. The zero-order valence-corrected chi connectivity index (χ0v) is 12.2. The lowest BCUT2D eigenvalue weighted by Gasteiger charge is -2.09. The fraction of sp³-hybridized carbons (Fsp3) is 0.375. The van der Waals surface area contributed by atoms with Crippen LogP contribution in [0, 0.1) is 5.92 Å². The van der Waals surface area contributed by atoms with Gasteiger partial charge in [0.15, 0.2) is 5.70 Å². The second-order valence-electron chi connectivity index (χ2n) is 5.26. The molecule has 106 valence electrons. The maximum Gasteiger partial charge on any atom is 0.363 e. The van der Waals surface area contributed by atoms with Gasteiger partial charge in [-0.05, 0) is 37.6 Å². The van der Waals surface area contributed by atoms with E-state index in [1.807, 2.05) is 52.0 Å². The molecule has 1 heterocycles. The summed E-state index contributed by atoms with van der Waals surface area (Å²) in [6.45, 7) is 7.83. The van der Waals surface area contributed by atoms with E-state index in [1.165, 1.54) is 0 Å². The van der Waals surface area contributed by atoms with Crippen LogP contribution in [0.2, 0.25) is 0 Å². The number of nitrogens with zero attached hydrogens (tertiary/aromatic N) is 1. The summed E-state index contributed by atoms with van der Waals surface area (Å²) in [7, 11) is 0. The van der Waals surface area contributed by atoms with E-state index in [1.54, 1.807) is 6.08 Å². The number of benzene rings is 1. The third-order valence-electron chi connectivity index (χ3n) is 2.69. The average Bonchev–Trinajstić information content (AvgIpc) is 2.73. The Morgan fingerprint density at radius 2 is 1.80 bits per heavy atom. The van der Waals surface area contributed by atoms with Crippen LogP contribution in [-0.2, 0) is 9.53 Å². The van der Waals surface area contributed by atoms with Crippen LogP contribution in [0.3, 0.4) is 0 Å². The van der Waals surface area contributed by atoms with Crippen LogP contribution in [0.5, 0.6) is 5.75 Å². The van der Waals surface area contributed by atoms with Crippen molar-refractivity contribution in [1.82, 2.24) is 0 Å². The van der Waals surface area contributed by atoms with E-state index in [4.69, 9.17) is 9.47 Å². The zero-order chi connectivity index (χ0) is 14.7. The predicted molar refractivity (Wildman–Crippen MR) is 78.5 cm³/mol. The SMILES string of the molecule is CC(C)Oc1ccc(/C=C2/N=C(C(C)C)OC2=O)cc1. The van der Waals surface area contributed by atoms with Gasteiger partial charge in [0.25, 0.3) is 0 Å². The summed E-state index contributed by atoms with van der Waals surface area (Å²) in [4.78, 5) is 15.9. The molecule has 1 aliphatic heterocycles. The second-order valence-corrected chi connectivity index (χ2v) is 5.26. The van der Waals surface area contributed by atoms with Gasteiger partial charge in [0.1, 0.15) is 5.75 Å². The number of carbonyl (C=O) groups excluding carboxylic acids is 1. The quantitative estimate of drug-likeness (QED) is 0.623. The van der Waals surface area contributed by atoms with Crippen LogP contribution in [0.1, 0.15) is 33.3 Å². The van der Waals surface area contributed by atoms with E-state index in [0.29, 0.717) is 11.6 Å². The molecule has 0 fully saturated rings. The van der Waals surface area contributed by atoms with Crippen molar-refractivity contribution in [3.63, 3.8) is 0 Å². The van der Waals surface area contributed by atoms with E-state index >= 15 is 0 Å². The average molecular weight is 273 g/mol. The molecular weight excluding hydrogens is 254 g/mol. The van der Waals surface area contributed by atoms with Gasteiger partial charge in [0.05, 0.1) is 6.10 Å². The van der Waals surface area contributed by atoms with Crippen molar-refractivity contribution >= 4 is 17.9 Å². The normalized spacial score (nSPS) is 16.8. The summed E-state index contributed by atoms with van der Waals surface area (Å²) in [6, 6.07) is 7.53. The van der Waals surface area contributed by atoms with Crippen molar-refractivity contribution in [3.05, 3.63) is 35.5 Å². The number of esters is 1. The van der Waals surface area contributed by atoms with Gasteiger partial charge in [-0.1, -0.05) is 26.0 Å². The number of ether oxygens (including phenoxy) is 2. The molecule has 0 N–H and O–H groups in total. The third-order valence-corrected chi connectivity index (χ3v) is 2.69. The molecule has 2 rings (SSSR count). The number of cyclic esters (lactones) is 1. The molecule has 4 heteroatoms. The number of hydrogen-bond donors (Lipinski definition) is 0. The highest BCUT2D eigenvalue weighted by molar-refractivity contribution is 6.07. The van der Waals surface area contributed by atoms with Crippen molar-refractivity contribution in [3.8, 4) is 5.75 Å². The summed E-state index contributed by atoms with van der Waals surface area (Å²) in [5.74, 6) is 0.992. The first kappa shape index (κ1) is 14.3. The lowest BCUT2D eigenvalue weighted by Crippen LogP contribution is -2.09. The molecule has 0 spiro atoms. The van der Waals surface area contributed by atoms with Gasteiger partial charge in [0, 0.05) is 5.92 Å². The smallest absolute Gasteiger partial charge is 0.363 e. The van der Waals surface area contributed by atoms with Crippen LogP contribution >= 0.6 is 0 Å². The Labute approximate surface area is 119 Å². The van der Waals surface area contributed by atoms with Crippen LogP contribution in [-0.4, -0.2) is 18.0 Å². The molecular formula is C16H19NO3. The largest absolute Gasteiger partial charge is 0.491 e. The van der Waals surface area contributed by atoms with Crippen molar-refractivity contribution in [2.45, 2.75) is 33.8 Å². The first-order valence-corrected chi connectivity index (χ1v) is 6.75. The van der Waals surface area contributed by atoms with Gasteiger partial charge in [-0.2, -0.15) is 0 Å². The van der Waals surface area contributed by atoms with Crippen LogP contribution in [0.25, 0.3) is 6.08 Å². The minimum absolute atomic E-state index is 0.103. The van der Waals surface area contributed by atoms with Gasteiger partial charge in [-0.3, -0.25) is 0 Å². The van der Waals surface area contributed by atoms with Crippen LogP contribution < -0.4 is 4.74 Å². The summed E-state index contributed by atoms with van der Waals surface area (Å²) < 4.78 is 10.7. The molecule has 0 aliphatic carbocycles. The summed E-state index contributed by atoms with van der Waals surface area (Å²) in [5, 5.41) is 0. The van der Waals surface area contributed by atoms with E-state index < -0.39 is 5.97 Å². The second kappa shape index (κ2) is 5.90. The number of rotatable bonds is 4. The number of hydrogen-bond acceptors (Lipinski definition) is 4. The molecule has 1 aliphatic rings. The van der Waals surface area contributed by atoms with Crippen LogP contribution in [0.4, 0.5) is 0 Å². The maximum atomic E-state index is 11.7. The van der Waals surface area contributed by atoms with E-state index in [9.17, 15) is 4.79 Å². The van der Waals surface area contributed by atoms with Crippen LogP contribution in [0.15, 0.2) is 35.0 Å². The molecule has 0 radical (unpaired) electrons. The van der Waals surface area contributed by atoms with E-state index in [0.717, 1.165) is 11.3 Å². The minimum Gasteiger partial charge on any atom is -0.491 e. The Balaban J connectivity index is 2.17.